The maximum atomic E-state index is 11.2. The fourth-order valence-electron chi connectivity index (χ4n) is 3.21. The van der Waals surface area contributed by atoms with Crippen LogP contribution >= 0.6 is 0 Å². The van der Waals surface area contributed by atoms with Crippen molar-refractivity contribution in [2.24, 2.45) is 21.7 Å². The number of hydrogen-bond acceptors (Lipinski definition) is 4. The summed E-state index contributed by atoms with van der Waals surface area (Å²) < 4.78 is 0. The normalized spacial score (nSPS) is 13.9. The Kier molecular flexibility index (Phi) is 12.7. The quantitative estimate of drug-likeness (QED) is 0.299. The smallest absolute Gasteiger partial charge is 0.332 e. The van der Waals surface area contributed by atoms with Crippen molar-refractivity contribution in [1.82, 2.24) is 0 Å². The zero-order chi connectivity index (χ0) is 26.6. The monoisotopic (exact) mass is 514 g/mol. The van der Waals surface area contributed by atoms with Crippen LogP contribution in [0, 0.1) is 21.7 Å². The molecule has 0 aliphatic heterocycles. The van der Waals surface area contributed by atoms with Gasteiger partial charge in [-0.3, -0.25) is 0 Å². The molecule has 0 fully saturated rings. The van der Waals surface area contributed by atoms with Crippen LogP contribution in [0.3, 0.4) is 0 Å². The summed E-state index contributed by atoms with van der Waals surface area (Å²) in [5.74, 6) is -4.67. The molecule has 194 valence electrons. The minimum Gasteiger partial charge on any atom is -0.478 e. The minimum absolute atomic E-state index is 0. The molecular formula is C24H40NiO8. The Bertz CT molecular complexity index is 682. The number of aliphatic carboxylic acids is 4. The van der Waals surface area contributed by atoms with Gasteiger partial charge >= 0.3 is 23.9 Å². The van der Waals surface area contributed by atoms with E-state index in [1.54, 1.807) is 83.1 Å². The first-order valence-electron chi connectivity index (χ1n) is 10.2. The Morgan fingerprint density at radius 1 is 0.364 bits per heavy atom. The van der Waals surface area contributed by atoms with Gasteiger partial charge in [-0.25, -0.2) is 19.2 Å². The summed E-state index contributed by atoms with van der Waals surface area (Å²) in [6.45, 7) is 20.4. The molecule has 0 aromatic carbocycles. The summed E-state index contributed by atoms with van der Waals surface area (Å²) in [5.41, 5.74) is -2.95. The molecule has 9 heteroatoms. The van der Waals surface area contributed by atoms with Gasteiger partial charge in [-0.15, -0.1) is 0 Å². The van der Waals surface area contributed by atoms with Gasteiger partial charge in [-0.2, -0.15) is 0 Å². The second-order valence-corrected chi connectivity index (χ2v) is 11.7. The van der Waals surface area contributed by atoms with Crippen molar-refractivity contribution in [3.8, 4) is 0 Å². The summed E-state index contributed by atoms with van der Waals surface area (Å²) in [6, 6.07) is 0. The second-order valence-electron chi connectivity index (χ2n) is 11.7. The van der Waals surface area contributed by atoms with E-state index in [-0.39, 0.29) is 38.8 Å². The third-order valence-corrected chi connectivity index (χ3v) is 4.36. The largest absolute Gasteiger partial charge is 0.478 e. The van der Waals surface area contributed by atoms with Gasteiger partial charge in [0.1, 0.15) is 0 Å². The molecule has 33 heavy (non-hydrogen) atoms. The Balaban J connectivity index is -0.000000529. The molecule has 0 atom stereocenters. The first-order valence-corrected chi connectivity index (χ1v) is 10.2. The molecule has 0 spiro atoms. The van der Waals surface area contributed by atoms with Crippen molar-refractivity contribution in [2.75, 3.05) is 0 Å². The first kappa shape index (κ1) is 35.4. The van der Waals surface area contributed by atoms with Gasteiger partial charge in [0, 0.05) is 16.5 Å². The van der Waals surface area contributed by atoms with Crippen LogP contribution in [-0.2, 0) is 35.7 Å². The fourth-order valence-corrected chi connectivity index (χ4v) is 3.21. The van der Waals surface area contributed by atoms with E-state index in [0.717, 1.165) is 0 Å². The zero-order valence-electron chi connectivity index (χ0n) is 21.7. The molecule has 0 unspecified atom stereocenters. The SMILES string of the molecule is CC(C)(C)/C(C(=O)O)=C(\C(=O)O)C(C)(C)C.CC(C)(C)/C(C(=O)O)=C(\C(=O)O)C(C)(C)C.[Ni]. The number of carboxylic acids is 4. The van der Waals surface area contributed by atoms with Gasteiger partial charge in [0.25, 0.3) is 0 Å². The molecule has 0 saturated heterocycles. The van der Waals surface area contributed by atoms with E-state index in [9.17, 15) is 39.6 Å². The van der Waals surface area contributed by atoms with E-state index in [1.165, 1.54) is 0 Å². The fraction of sp³-hybridized carbons (Fsp3) is 0.667. The standard InChI is InChI=1S/2C12H20O4.Ni/c2*1-11(2,3)7(9(13)14)8(10(15)16)12(4,5)6;/h2*1-6H3,(H,13,14)(H,15,16);/b2*8-7+;. The molecule has 0 saturated carbocycles. The van der Waals surface area contributed by atoms with E-state index in [4.69, 9.17) is 0 Å². The molecule has 0 aliphatic carbocycles. The van der Waals surface area contributed by atoms with Gasteiger partial charge in [-0.05, 0) is 21.7 Å². The molecular weight excluding hydrogens is 475 g/mol. The molecule has 4 N–H and O–H groups in total. The summed E-state index contributed by atoms with van der Waals surface area (Å²) in [6.07, 6.45) is 0. The van der Waals surface area contributed by atoms with Gasteiger partial charge in [0.05, 0.1) is 22.3 Å². The van der Waals surface area contributed by atoms with Crippen molar-refractivity contribution < 1.29 is 56.1 Å². The summed E-state index contributed by atoms with van der Waals surface area (Å²) in [7, 11) is 0. The molecule has 0 bridgehead atoms. The molecule has 0 rings (SSSR count). The van der Waals surface area contributed by atoms with Crippen LogP contribution in [0.1, 0.15) is 83.1 Å². The number of rotatable bonds is 4. The van der Waals surface area contributed by atoms with E-state index < -0.39 is 45.5 Å². The maximum Gasteiger partial charge on any atom is 0.332 e. The van der Waals surface area contributed by atoms with Gasteiger partial charge in [-0.1, -0.05) is 83.1 Å². The van der Waals surface area contributed by atoms with Crippen molar-refractivity contribution in [3.63, 3.8) is 0 Å². The maximum absolute atomic E-state index is 11.2. The predicted octanol–water partition coefficient (Wildman–Crippen LogP) is 5.09. The van der Waals surface area contributed by atoms with Crippen LogP contribution in [0.5, 0.6) is 0 Å². The predicted molar refractivity (Wildman–Crippen MR) is 122 cm³/mol. The topological polar surface area (TPSA) is 149 Å². The van der Waals surface area contributed by atoms with Crippen molar-refractivity contribution in [1.29, 1.82) is 0 Å². The molecule has 0 heterocycles. The molecule has 0 aliphatic rings. The number of carbonyl (C=O) groups is 4. The van der Waals surface area contributed by atoms with Crippen LogP contribution in [0.2, 0.25) is 0 Å². The van der Waals surface area contributed by atoms with E-state index in [0.29, 0.717) is 0 Å². The average Bonchev–Trinajstić information content (AvgIpc) is 2.43. The molecule has 0 aromatic rings. The van der Waals surface area contributed by atoms with Gasteiger partial charge in [0.15, 0.2) is 0 Å². The van der Waals surface area contributed by atoms with Crippen LogP contribution in [0.4, 0.5) is 0 Å². The van der Waals surface area contributed by atoms with Crippen LogP contribution in [0.25, 0.3) is 0 Å². The van der Waals surface area contributed by atoms with Crippen molar-refractivity contribution in [2.45, 2.75) is 83.1 Å². The summed E-state index contributed by atoms with van der Waals surface area (Å²) in [4.78, 5) is 44.9. The average molecular weight is 515 g/mol. The van der Waals surface area contributed by atoms with Crippen molar-refractivity contribution in [3.05, 3.63) is 22.3 Å². The van der Waals surface area contributed by atoms with Gasteiger partial charge in [0.2, 0.25) is 0 Å². The number of hydrogen-bond donors (Lipinski definition) is 4. The third kappa shape index (κ3) is 11.0. The van der Waals surface area contributed by atoms with E-state index >= 15 is 0 Å². The molecule has 0 aromatic heterocycles. The Morgan fingerprint density at radius 3 is 0.485 bits per heavy atom. The van der Waals surface area contributed by atoms with Crippen LogP contribution in [0.15, 0.2) is 22.3 Å². The molecule has 0 radical (unpaired) electrons. The second kappa shape index (κ2) is 11.8. The zero-order valence-corrected chi connectivity index (χ0v) is 22.7. The molecule has 8 nitrogen and oxygen atoms in total. The van der Waals surface area contributed by atoms with Crippen LogP contribution < -0.4 is 0 Å². The van der Waals surface area contributed by atoms with Crippen LogP contribution in [-0.4, -0.2) is 44.3 Å². The van der Waals surface area contributed by atoms with Crippen molar-refractivity contribution >= 4 is 23.9 Å². The summed E-state index contributed by atoms with van der Waals surface area (Å²) in [5, 5.41) is 36.7. The van der Waals surface area contributed by atoms with E-state index in [1.807, 2.05) is 0 Å². The third-order valence-electron chi connectivity index (χ3n) is 4.36. The van der Waals surface area contributed by atoms with E-state index in [2.05, 4.69) is 0 Å². The summed E-state index contributed by atoms with van der Waals surface area (Å²) >= 11 is 0. The molecule has 0 amide bonds. The Labute approximate surface area is 207 Å². The first-order chi connectivity index (χ1) is 13.8. The Morgan fingerprint density at radius 2 is 0.455 bits per heavy atom. The number of carboxylic acid groups (broad SMARTS) is 4. The van der Waals surface area contributed by atoms with Gasteiger partial charge < -0.3 is 20.4 Å². The Hall–Kier alpha value is -2.15. The minimum atomic E-state index is -1.17.